The number of anilines is 1. The third-order valence-corrected chi connectivity index (χ3v) is 5.36. The molecule has 0 radical (unpaired) electrons. The van der Waals surface area contributed by atoms with Crippen LogP contribution in [0.3, 0.4) is 0 Å². The summed E-state index contributed by atoms with van der Waals surface area (Å²) in [5, 5.41) is 2.38. The van der Waals surface area contributed by atoms with E-state index in [1.165, 1.54) is 19.2 Å². The topological polar surface area (TPSA) is 152 Å². The summed E-state index contributed by atoms with van der Waals surface area (Å²) < 4.78 is 12.0. The van der Waals surface area contributed by atoms with Crippen LogP contribution in [0.2, 0.25) is 0 Å². The summed E-state index contributed by atoms with van der Waals surface area (Å²) in [5.74, 6) is -2.02. The fourth-order valence-electron chi connectivity index (χ4n) is 3.44. The molecule has 0 spiro atoms. The van der Waals surface area contributed by atoms with Gasteiger partial charge in [-0.05, 0) is 36.8 Å². The zero-order valence-electron chi connectivity index (χ0n) is 19.9. The minimum Gasteiger partial charge on any atom is -0.497 e. The van der Waals surface area contributed by atoms with Crippen LogP contribution in [0.4, 0.5) is 5.82 Å². The summed E-state index contributed by atoms with van der Waals surface area (Å²) in [4.78, 5) is 62.7. The smallest absolute Gasteiger partial charge is 0.332 e. The Morgan fingerprint density at radius 1 is 0.972 bits per heavy atom. The molecule has 3 aromatic rings. The average Bonchev–Trinajstić information content (AvgIpc) is 2.89. The van der Waals surface area contributed by atoms with Gasteiger partial charge in [0.25, 0.3) is 11.5 Å². The molecular weight excluding hydrogens is 468 g/mol. The Labute approximate surface area is 206 Å². The number of Topliss-reactive ketones (excluding diaryl/α,β-unsaturated/α-hetero) is 1. The second-order valence-electron chi connectivity index (χ2n) is 7.66. The van der Waals surface area contributed by atoms with E-state index in [-0.39, 0.29) is 18.9 Å². The maximum atomic E-state index is 12.8. The van der Waals surface area contributed by atoms with Gasteiger partial charge in [0, 0.05) is 12.1 Å². The van der Waals surface area contributed by atoms with Gasteiger partial charge in [0.05, 0.1) is 13.7 Å². The summed E-state index contributed by atoms with van der Waals surface area (Å²) in [6, 6.07) is 15.2. The molecule has 3 rings (SSSR count). The lowest BCUT2D eigenvalue weighted by atomic mass is 10.2. The van der Waals surface area contributed by atoms with Gasteiger partial charge in [-0.2, -0.15) is 0 Å². The summed E-state index contributed by atoms with van der Waals surface area (Å²) >= 11 is 0. The number of nitrogens with zero attached hydrogens (tertiary/aromatic N) is 2. The molecule has 188 valence electrons. The fraction of sp³-hybridized carbons (Fsp3) is 0.240. The molecule has 0 fully saturated rings. The number of methoxy groups -OCH3 is 1. The maximum absolute atomic E-state index is 12.8. The highest BCUT2D eigenvalue weighted by molar-refractivity contribution is 6.01. The van der Waals surface area contributed by atoms with Crippen molar-refractivity contribution in [1.29, 1.82) is 0 Å². The first-order chi connectivity index (χ1) is 17.3. The average molecular weight is 495 g/mol. The molecule has 1 aromatic heterocycles. The second-order valence-corrected chi connectivity index (χ2v) is 7.66. The molecule has 0 atom stereocenters. The first-order valence-electron chi connectivity index (χ1n) is 11.0. The molecule has 11 heteroatoms. The highest BCUT2D eigenvalue weighted by atomic mass is 16.5. The number of aromatic nitrogens is 2. The first-order valence-corrected chi connectivity index (χ1v) is 11.0. The number of nitrogens with one attached hydrogen (secondary N) is 1. The van der Waals surface area contributed by atoms with Gasteiger partial charge < -0.3 is 20.5 Å². The van der Waals surface area contributed by atoms with E-state index in [9.17, 15) is 24.0 Å². The van der Waals surface area contributed by atoms with Gasteiger partial charge in [0.1, 0.15) is 23.7 Å². The van der Waals surface area contributed by atoms with Crippen LogP contribution in [0, 0.1) is 0 Å². The normalized spacial score (nSPS) is 10.5. The minimum absolute atomic E-state index is 0.0181. The molecule has 36 heavy (non-hydrogen) atoms. The zero-order chi connectivity index (χ0) is 26.2. The summed E-state index contributed by atoms with van der Waals surface area (Å²) in [5.41, 5.74) is 5.15. The van der Waals surface area contributed by atoms with Gasteiger partial charge in [-0.1, -0.05) is 30.3 Å². The molecule has 2 aromatic carbocycles. The van der Waals surface area contributed by atoms with Crippen LogP contribution in [0.5, 0.6) is 5.75 Å². The first kappa shape index (κ1) is 25.9. The van der Waals surface area contributed by atoms with Crippen molar-refractivity contribution < 1.29 is 23.9 Å². The van der Waals surface area contributed by atoms with E-state index in [1.807, 2.05) is 6.07 Å². The quantitative estimate of drug-likeness (QED) is 0.311. The van der Waals surface area contributed by atoms with Gasteiger partial charge in [-0.3, -0.25) is 28.3 Å². The van der Waals surface area contributed by atoms with Gasteiger partial charge in [-0.25, -0.2) is 4.79 Å². The van der Waals surface area contributed by atoms with Crippen molar-refractivity contribution in [3.05, 3.63) is 92.1 Å². The van der Waals surface area contributed by atoms with Crippen molar-refractivity contribution in [2.24, 2.45) is 0 Å². The highest BCUT2D eigenvalue weighted by Gasteiger charge is 2.23. The van der Waals surface area contributed by atoms with Crippen LogP contribution >= 0.6 is 0 Å². The third-order valence-electron chi connectivity index (χ3n) is 5.36. The number of ketones is 1. The van der Waals surface area contributed by atoms with E-state index < -0.39 is 47.6 Å². The van der Waals surface area contributed by atoms with E-state index in [0.717, 1.165) is 14.7 Å². The molecule has 0 unspecified atom stereocenters. The van der Waals surface area contributed by atoms with E-state index in [4.69, 9.17) is 15.2 Å². The Balaban J connectivity index is 1.70. The Morgan fingerprint density at radius 2 is 1.64 bits per heavy atom. The lowest BCUT2D eigenvalue weighted by Gasteiger charge is -2.16. The van der Waals surface area contributed by atoms with E-state index in [0.29, 0.717) is 11.3 Å². The molecule has 1 heterocycles. The van der Waals surface area contributed by atoms with E-state index in [1.54, 1.807) is 43.3 Å². The number of amides is 1. The number of rotatable bonds is 10. The lowest BCUT2D eigenvalue weighted by Crippen LogP contribution is -2.44. The van der Waals surface area contributed by atoms with Crippen LogP contribution in [0.1, 0.15) is 33.2 Å². The molecule has 0 saturated carbocycles. The Bertz CT molecular complexity index is 1380. The zero-order valence-corrected chi connectivity index (χ0v) is 19.9. The van der Waals surface area contributed by atoms with Crippen LogP contribution in [-0.2, 0) is 22.6 Å². The molecule has 0 aliphatic carbocycles. The Kier molecular flexibility index (Phi) is 8.39. The van der Waals surface area contributed by atoms with Gasteiger partial charge in [0.15, 0.2) is 6.61 Å². The van der Waals surface area contributed by atoms with Gasteiger partial charge >= 0.3 is 11.7 Å². The number of nitrogen functional groups attached to an aromatic ring is 1. The van der Waals surface area contributed by atoms with Gasteiger partial charge in [0.2, 0.25) is 5.78 Å². The number of carbonyl (C=O) groups is 3. The number of esters is 1. The van der Waals surface area contributed by atoms with Crippen molar-refractivity contribution in [1.82, 2.24) is 14.5 Å². The molecule has 11 nitrogen and oxygen atoms in total. The highest BCUT2D eigenvalue weighted by Crippen LogP contribution is 2.12. The molecule has 3 N–H and O–H groups in total. The molecule has 0 bridgehead atoms. The molecule has 0 aliphatic heterocycles. The van der Waals surface area contributed by atoms with Crippen molar-refractivity contribution in [2.75, 3.05) is 26.0 Å². The van der Waals surface area contributed by atoms with Crippen LogP contribution in [0.15, 0.2) is 64.2 Å². The lowest BCUT2D eigenvalue weighted by molar-refractivity contribution is -0.141. The fourth-order valence-corrected chi connectivity index (χ4v) is 3.44. The van der Waals surface area contributed by atoms with E-state index >= 15 is 0 Å². The van der Waals surface area contributed by atoms with Crippen molar-refractivity contribution in [2.45, 2.75) is 20.0 Å². The summed E-state index contributed by atoms with van der Waals surface area (Å²) in [6.07, 6.45) is 0. The van der Waals surface area contributed by atoms with E-state index in [2.05, 4.69) is 5.32 Å². The van der Waals surface area contributed by atoms with Crippen LogP contribution in [-0.4, -0.2) is 47.1 Å². The molecule has 0 aliphatic rings. The van der Waals surface area contributed by atoms with Crippen LogP contribution in [0.25, 0.3) is 0 Å². The Hall–Kier alpha value is -4.67. The largest absolute Gasteiger partial charge is 0.497 e. The summed E-state index contributed by atoms with van der Waals surface area (Å²) in [6.45, 7) is 0.364. The number of benzene rings is 2. The maximum Gasteiger partial charge on any atom is 0.332 e. The number of nitrogens with two attached hydrogens (primary N) is 1. The molecule has 1 amide bonds. The second kappa shape index (κ2) is 11.6. The predicted molar refractivity (Wildman–Crippen MR) is 131 cm³/mol. The van der Waals surface area contributed by atoms with Crippen molar-refractivity contribution in [3.63, 3.8) is 0 Å². The Morgan fingerprint density at radius 3 is 2.25 bits per heavy atom. The number of carbonyl (C=O) groups excluding carboxylic acids is 3. The van der Waals surface area contributed by atoms with Crippen molar-refractivity contribution in [3.8, 4) is 5.75 Å². The predicted octanol–water partition coefficient (Wildman–Crippen LogP) is 0.825. The standard InChI is InChI=1S/C25H26N4O7/c1-3-28-24(33)21(22(26)29(25(28)34)14-16-7-5-4-6-8-16)19(30)15-36-20(31)13-27-23(32)17-9-11-18(35-2)12-10-17/h4-12H,3,13-15,26H2,1-2H3,(H,27,32). The monoisotopic (exact) mass is 494 g/mol. The summed E-state index contributed by atoms with van der Waals surface area (Å²) in [7, 11) is 1.50. The van der Waals surface area contributed by atoms with Crippen molar-refractivity contribution >= 4 is 23.5 Å². The number of hydrogen-bond acceptors (Lipinski definition) is 8. The van der Waals surface area contributed by atoms with Crippen LogP contribution < -0.4 is 27.0 Å². The molecular formula is C25H26N4O7. The SMILES string of the molecule is CCn1c(=O)c(C(=O)COC(=O)CNC(=O)c2ccc(OC)cc2)c(N)n(Cc2ccccc2)c1=O. The number of ether oxygens (including phenoxy) is 2. The van der Waals surface area contributed by atoms with Gasteiger partial charge in [-0.15, -0.1) is 0 Å². The minimum atomic E-state index is -0.891. The third kappa shape index (κ3) is 5.87. The molecule has 0 saturated heterocycles. The number of hydrogen-bond donors (Lipinski definition) is 2.